The number of alkyl halides is 3. The Balaban J connectivity index is 1.81. The fraction of sp³-hybridized carbons (Fsp3) is 0.0952. The molecule has 0 aliphatic heterocycles. The van der Waals surface area contributed by atoms with Gasteiger partial charge in [0, 0.05) is 0 Å². The van der Waals surface area contributed by atoms with E-state index in [4.69, 9.17) is 0 Å². The van der Waals surface area contributed by atoms with Crippen molar-refractivity contribution in [3.05, 3.63) is 90.0 Å². The van der Waals surface area contributed by atoms with E-state index in [-0.39, 0.29) is 0 Å². The lowest BCUT2D eigenvalue weighted by Gasteiger charge is -2.09. The second kappa shape index (κ2) is 7.44. The normalized spacial score (nSPS) is 12.1. The van der Waals surface area contributed by atoms with Crippen molar-refractivity contribution in [3.63, 3.8) is 0 Å². The van der Waals surface area contributed by atoms with Crippen LogP contribution < -0.4 is 5.43 Å². The van der Waals surface area contributed by atoms with Crippen molar-refractivity contribution in [2.24, 2.45) is 5.10 Å². The highest BCUT2D eigenvalue weighted by Crippen LogP contribution is 2.30. The largest absolute Gasteiger partial charge is 0.416 e. The molecule has 2 nitrogen and oxygen atoms in total. The molecule has 0 fully saturated rings. The summed E-state index contributed by atoms with van der Waals surface area (Å²) < 4.78 is 38.3. The third-order valence-corrected chi connectivity index (χ3v) is 3.93. The van der Waals surface area contributed by atoms with Crippen molar-refractivity contribution in [2.75, 3.05) is 5.43 Å². The summed E-state index contributed by atoms with van der Waals surface area (Å²) >= 11 is 0. The Bertz CT molecular complexity index is 916. The number of nitrogens with zero attached hydrogens (tertiary/aromatic N) is 1. The van der Waals surface area contributed by atoms with E-state index in [1.807, 2.05) is 61.5 Å². The summed E-state index contributed by atoms with van der Waals surface area (Å²) in [6, 6.07) is 22.8. The van der Waals surface area contributed by atoms with Gasteiger partial charge in [-0.2, -0.15) is 18.3 Å². The number of rotatable bonds is 4. The van der Waals surface area contributed by atoms with Crippen LogP contribution >= 0.6 is 0 Å². The predicted octanol–water partition coefficient (Wildman–Crippen LogP) is 6.21. The molecule has 1 N–H and O–H groups in total. The molecular weight excluding hydrogens is 337 g/mol. The van der Waals surface area contributed by atoms with Crippen LogP contribution in [-0.2, 0) is 6.18 Å². The van der Waals surface area contributed by atoms with Crippen molar-refractivity contribution in [3.8, 4) is 11.1 Å². The van der Waals surface area contributed by atoms with Gasteiger partial charge in [-0.05, 0) is 47.9 Å². The fourth-order valence-electron chi connectivity index (χ4n) is 2.53. The third kappa shape index (κ3) is 4.30. The highest BCUT2D eigenvalue weighted by Gasteiger charge is 2.30. The van der Waals surface area contributed by atoms with Gasteiger partial charge in [0.05, 0.1) is 17.0 Å². The zero-order valence-corrected chi connectivity index (χ0v) is 14.1. The lowest BCUT2D eigenvalue weighted by molar-refractivity contribution is -0.137. The second-order valence-electron chi connectivity index (χ2n) is 5.83. The number of anilines is 1. The fourth-order valence-corrected chi connectivity index (χ4v) is 2.53. The van der Waals surface area contributed by atoms with E-state index < -0.39 is 11.7 Å². The van der Waals surface area contributed by atoms with Gasteiger partial charge in [-0.3, -0.25) is 5.43 Å². The van der Waals surface area contributed by atoms with Crippen molar-refractivity contribution in [2.45, 2.75) is 13.1 Å². The molecule has 3 rings (SSSR count). The minimum atomic E-state index is -4.37. The molecule has 0 unspecified atom stereocenters. The molecule has 0 spiro atoms. The van der Waals surface area contributed by atoms with E-state index in [0.717, 1.165) is 28.8 Å². The molecule has 0 heterocycles. The Kier molecular flexibility index (Phi) is 5.07. The van der Waals surface area contributed by atoms with Gasteiger partial charge in [0.2, 0.25) is 0 Å². The maximum Gasteiger partial charge on any atom is 0.416 e. The summed E-state index contributed by atoms with van der Waals surface area (Å²) in [5, 5.41) is 4.22. The quantitative estimate of drug-likeness (QED) is 0.437. The van der Waals surface area contributed by atoms with Gasteiger partial charge in [0.15, 0.2) is 0 Å². The molecule has 0 radical (unpaired) electrons. The van der Waals surface area contributed by atoms with Crippen molar-refractivity contribution < 1.29 is 13.2 Å². The molecule has 0 saturated heterocycles. The molecular formula is C21H17F3N2. The Morgan fingerprint density at radius 2 is 1.50 bits per heavy atom. The first-order valence-corrected chi connectivity index (χ1v) is 8.07. The maximum atomic E-state index is 12.8. The van der Waals surface area contributed by atoms with Gasteiger partial charge < -0.3 is 0 Å². The van der Waals surface area contributed by atoms with Crippen LogP contribution in [0.3, 0.4) is 0 Å². The minimum Gasteiger partial charge on any atom is -0.278 e. The average Bonchev–Trinajstić information content (AvgIpc) is 2.66. The van der Waals surface area contributed by atoms with Crippen molar-refractivity contribution >= 4 is 11.4 Å². The minimum absolute atomic E-state index is 0.290. The molecule has 0 aliphatic carbocycles. The summed E-state index contributed by atoms with van der Waals surface area (Å²) in [4.78, 5) is 0. The lowest BCUT2D eigenvalue weighted by atomic mass is 10.0. The summed E-state index contributed by atoms with van der Waals surface area (Å²) in [5.74, 6) is 0. The number of hydrogen-bond acceptors (Lipinski definition) is 2. The first-order valence-electron chi connectivity index (χ1n) is 8.07. The van der Waals surface area contributed by atoms with Crippen LogP contribution in [0.1, 0.15) is 18.1 Å². The summed E-state index contributed by atoms with van der Waals surface area (Å²) in [6.45, 7) is 1.81. The van der Waals surface area contributed by atoms with Crippen LogP contribution in [0.4, 0.5) is 18.9 Å². The lowest BCUT2D eigenvalue weighted by Crippen LogP contribution is -2.05. The molecule has 3 aromatic carbocycles. The molecule has 0 saturated carbocycles. The third-order valence-electron chi connectivity index (χ3n) is 3.93. The second-order valence-corrected chi connectivity index (χ2v) is 5.83. The van der Waals surface area contributed by atoms with Crippen LogP contribution in [0.25, 0.3) is 11.1 Å². The monoisotopic (exact) mass is 354 g/mol. The van der Waals surface area contributed by atoms with Gasteiger partial charge in [-0.25, -0.2) is 0 Å². The summed E-state index contributed by atoms with van der Waals surface area (Å²) in [7, 11) is 0. The Morgan fingerprint density at radius 1 is 0.808 bits per heavy atom. The topological polar surface area (TPSA) is 24.4 Å². The van der Waals surface area contributed by atoms with E-state index in [2.05, 4.69) is 10.5 Å². The zero-order chi connectivity index (χ0) is 18.6. The average molecular weight is 354 g/mol. The van der Waals surface area contributed by atoms with Gasteiger partial charge in [-0.1, -0.05) is 54.6 Å². The number of hydrogen-bond donors (Lipinski definition) is 1. The number of hydrazone groups is 1. The molecule has 26 heavy (non-hydrogen) atoms. The van der Waals surface area contributed by atoms with Gasteiger partial charge in [-0.15, -0.1) is 0 Å². The first-order chi connectivity index (χ1) is 12.4. The van der Waals surface area contributed by atoms with E-state index in [0.29, 0.717) is 11.4 Å². The molecule has 0 amide bonds. The SMILES string of the molecule is C/C(=N\Nc1cccc(C(F)(F)F)c1)c1cccc(-c2ccccc2)c1. The number of benzene rings is 3. The molecule has 0 aromatic heterocycles. The molecule has 0 atom stereocenters. The Labute approximate surface area is 150 Å². The summed E-state index contributed by atoms with van der Waals surface area (Å²) in [6.07, 6.45) is -4.37. The van der Waals surface area contributed by atoms with Gasteiger partial charge in [0.25, 0.3) is 0 Å². The van der Waals surface area contributed by atoms with E-state index >= 15 is 0 Å². The molecule has 132 valence electrons. The number of nitrogens with one attached hydrogen (secondary N) is 1. The van der Waals surface area contributed by atoms with Gasteiger partial charge >= 0.3 is 6.18 Å². The van der Waals surface area contributed by atoms with Crippen LogP contribution in [0.2, 0.25) is 0 Å². The zero-order valence-electron chi connectivity index (χ0n) is 14.1. The smallest absolute Gasteiger partial charge is 0.278 e. The predicted molar refractivity (Wildman–Crippen MR) is 99.2 cm³/mol. The first kappa shape index (κ1) is 17.7. The standard InChI is InChI=1S/C21H17F3N2/c1-15(25-26-20-12-6-11-19(14-20)21(22,23)24)17-9-5-10-18(13-17)16-7-3-2-4-8-16/h2-14,26H,1H3/b25-15+. The van der Waals surface area contributed by atoms with Crippen LogP contribution in [-0.4, -0.2) is 5.71 Å². The highest BCUT2D eigenvalue weighted by atomic mass is 19.4. The Hall–Kier alpha value is -3.08. The Morgan fingerprint density at radius 3 is 2.23 bits per heavy atom. The van der Waals surface area contributed by atoms with E-state index in [1.165, 1.54) is 6.07 Å². The maximum absolute atomic E-state index is 12.8. The highest BCUT2D eigenvalue weighted by molar-refractivity contribution is 6.00. The number of halogens is 3. The van der Waals surface area contributed by atoms with E-state index in [9.17, 15) is 13.2 Å². The van der Waals surface area contributed by atoms with E-state index in [1.54, 1.807) is 6.07 Å². The van der Waals surface area contributed by atoms with Crippen molar-refractivity contribution in [1.82, 2.24) is 0 Å². The molecule has 0 bridgehead atoms. The van der Waals surface area contributed by atoms with Gasteiger partial charge in [0.1, 0.15) is 0 Å². The summed E-state index contributed by atoms with van der Waals surface area (Å²) in [5.41, 5.74) is 6.00. The van der Waals surface area contributed by atoms with Crippen LogP contribution in [0.15, 0.2) is 84.0 Å². The molecule has 3 aromatic rings. The molecule has 5 heteroatoms. The molecule has 0 aliphatic rings. The van der Waals surface area contributed by atoms with Crippen LogP contribution in [0.5, 0.6) is 0 Å². The van der Waals surface area contributed by atoms with Crippen molar-refractivity contribution in [1.29, 1.82) is 0 Å². The van der Waals surface area contributed by atoms with Crippen LogP contribution in [0, 0.1) is 0 Å².